The number of fused-ring (bicyclic) bond motifs is 2. The number of nitro groups is 1. The number of carbonyl (C=O) groups excluding carboxylic acids is 2. The van der Waals surface area contributed by atoms with Crippen LogP contribution in [0, 0.1) is 16.0 Å². The predicted molar refractivity (Wildman–Crippen MR) is 93.1 cm³/mol. The zero-order chi connectivity index (χ0) is 19.4. The van der Waals surface area contributed by atoms with Gasteiger partial charge in [-0.3, -0.25) is 19.7 Å². The highest BCUT2D eigenvalue weighted by molar-refractivity contribution is 6.32. The van der Waals surface area contributed by atoms with Crippen LogP contribution in [0.1, 0.15) is 5.56 Å². The molecule has 28 heavy (non-hydrogen) atoms. The van der Waals surface area contributed by atoms with Crippen molar-refractivity contribution in [2.75, 3.05) is 11.7 Å². The fourth-order valence-electron chi connectivity index (χ4n) is 3.45. The van der Waals surface area contributed by atoms with Crippen molar-refractivity contribution in [1.29, 1.82) is 0 Å². The molecule has 2 aromatic carbocycles. The van der Waals surface area contributed by atoms with Gasteiger partial charge in [0.25, 0.3) is 11.6 Å². The second kappa shape index (κ2) is 5.78. The Kier molecular flexibility index (Phi) is 3.35. The Labute approximate surface area is 157 Å². The first-order valence-electron chi connectivity index (χ1n) is 8.30. The third kappa shape index (κ3) is 2.24. The molecular formula is C18H11N3O7. The molecule has 1 fully saturated rings. The minimum Gasteiger partial charge on any atom is -0.454 e. The largest absolute Gasteiger partial charge is 0.454 e. The number of anilines is 1. The van der Waals surface area contributed by atoms with Gasteiger partial charge in [0.1, 0.15) is 11.6 Å². The summed E-state index contributed by atoms with van der Waals surface area (Å²) in [6, 6.07) is 10.3. The number of hydrogen-bond acceptors (Lipinski definition) is 8. The number of carbonyl (C=O) groups is 2. The van der Waals surface area contributed by atoms with E-state index in [2.05, 4.69) is 5.16 Å². The van der Waals surface area contributed by atoms with Crippen molar-refractivity contribution in [3.05, 3.63) is 58.1 Å². The highest BCUT2D eigenvalue weighted by atomic mass is 16.7. The molecule has 10 heteroatoms. The fraction of sp³-hybridized carbons (Fsp3) is 0.167. The number of benzene rings is 2. The molecule has 0 spiro atoms. The molecule has 3 heterocycles. The van der Waals surface area contributed by atoms with Crippen molar-refractivity contribution in [2.24, 2.45) is 11.1 Å². The number of non-ortho nitro benzene ring substituents is 1. The molecule has 2 atom stereocenters. The van der Waals surface area contributed by atoms with Crippen LogP contribution in [0.5, 0.6) is 11.5 Å². The Morgan fingerprint density at radius 2 is 1.79 bits per heavy atom. The van der Waals surface area contributed by atoms with Crippen LogP contribution in [0.15, 0.2) is 47.6 Å². The average Bonchev–Trinajstić information content (AvgIpc) is 3.39. The number of ether oxygens (including phenoxy) is 2. The van der Waals surface area contributed by atoms with Gasteiger partial charge in [0, 0.05) is 23.8 Å². The molecule has 0 bridgehead atoms. The lowest BCUT2D eigenvalue weighted by Gasteiger charge is -2.15. The van der Waals surface area contributed by atoms with E-state index < -0.39 is 28.8 Å². The van der Waals surface area contributed by atoms with Crippen molar-refractivity contribution in [1.82, 2.24) is 0 Å². The van der Waals surface area contributed by atoms with Crippen LogP contribution in [-0.2, 0) is 14.4 Å². The highest BCUT2D eigenvalue weighted by Crippen LogP contribution is 2.40. The smallest absolute Gasteiger partial charge is 0.278 e. The molecule has 3 aliphatic rings. The Bertz CT molecular complexity index is 1060. The third-order valence-electron chi connectivity index (χ3n) is 4.80. The van der Waals surface area contributed by atoms with Gasteiger partial charge >= 0.3 is 0 Å². The molecule has 2 aromatic rings. The van der Waals surface area contributed by atoms with Crippen LogP contribution in [0.25, 0.3) is 0 Å². The quantitative estimate of drug-likeness (QED) is 0.450. The SMILES string of the molecule is O=C1[C@@H]2C(c3ccc([N+](=O)[O-])cc3)=NO[C@H]2C(=O)N1c1ccc2c(c1)OCO2. The van der Waals surface area contributed by atoms with Crippen LogP contribution < -0.4 is 14.4 Å². The van der Waals surface area contributed by atoms with Gasteiger partial charge in [-0.1, -0.05) is 5.16 Å². The summed E-state index contributed by atoms with van der Waals surface area (Å²) in [4.78, 5) is 42.4. The number of rotatable bonds is 3. The van der Waals surface area contributed by atoms with E-state index >= 15 is 0 Å². The topological polar surface area (TPSA) is 121 Å². The summed E-state index contributed by atoms with van der Waals surface area (Å²) in [5, 5.41) is 14.7. The van der Waals surface area contributed by atoms with Gasteiger partial charge in [0.2, 0.25) is 18.8 Å². The molecule has 0 saturated carbocycles. The van der Waals surface area contributed by atoms with Gasteiger partial charge in [-0.05, 0) is 24.3 Å². The molecule has 140 valence electrons. The lowest BCUT2D eigenvalue weighted by Crippen LogP contribution is -2.33. The van der Waals surface area contributed by atoms with Crippen molar-refractivity contribution in [3.8, 4) is 11.5 Å². The molecule has 2 amide bonds. The Balaban J connectivity index is 1.47. The van der Waals surface area contributed by atoms with E-state index in [1.54, 1.807) is 18.2 Å². The van der Waals surface area contributed by atoms with Gasteiger partial charge in [0.05, 0.1) is 10.6 Å². The lowest BCUT2D eigenvalue weighted by molar-refractivity contribution is -0.384. The monoisotopic (exact) mass is 381 g/mol. The fourth-order valence-corrected chi connectivity index (χ4v) is 3.45. The molecular weight excluding hydrogens is 370 g/mol. The number of nitrogens with zero attached hydrogens (tertiary/aromatic N) is 3. The van der Waals surface area contributed by atoms with Gasteiger partial charge in [-0.25, -0.2) is 4.90 Å². The first-order valence-corrected chi connectivity index (χ1v) is 8.30. The highest BCUT2D eigenvalue weighted by Gasteiger charge is 2.56. The minimum absolute atomic E-state index is 0.0754. The molecule has 0 aromatic heterocycles. The first-order chi connectivity index (χ1) is 13.5. The number of imide groups is 1. The van der Waals surface area contributed by atoms with Crippen LogP contribution >= 0.6 is 0 Å². The van der Waals surface area contributed by atoms with E-state index in [-0.39, 0.29) is 18.2 Å². The molecule has 0 N–H and O–H groups in total. The zero-order valence-corrected chi connectivity index (χ0v) is 14.1. The van der Waals surface area contributed by atoms with E-state index in [1.807, 2.05) is 0 Å². The molecule has 3 aliphatic heterocycles. The Morgan fingerprint density at radius 1 is 1.04 bits per heavy atom. The molecule has 0 unspecified atom stereocenters. The minimum atomic E-state index is -1.07. The van der Waals surface area contributed by atoms with Gasteiger partial charge in [0.15, 0.2) is 11.5 Å². The second-order valence-corrected chi connectivity index (χ2v) is 6.33. The van der Waals surface area contributed by atoms with Crippen molar-refractivity contribution < 1.29 is 28.8 Å². The first kappa shape index (κ1) is 16.2. The van der Waals surface area contributed by atoms with Crippen molar-refractivity contribution >= 4 is 28.9 Å². The normalized spacial score (nSPS) is 22.1. The molecule has 0 radical (unpaired) electrons. The van der Waals surface area contributed by atoms with Crippen LogP contribution in [0.3, 0.4) is 0 Å². The number of oxime groups is 1. The zero-order valence-electron chi connectivity index (χ0n) is 14.1. The van der Waals surface area contributed by atoms with Gasteiger partial charge in [-0.2, -0.15) is 0 Å². The van der Waals surface area contributed by atoms with Crippen molar-refractivity contribution in [2.45, 2.75) is 6.10 Å². The van der Waals surface area contributed by atoms with Gasteiger partial charge in [-0.15, -0.1) is 0 Å². The third-order valence-corrected chi connectivity index (χ3v) is 4.80. The van der Waals surface area contributed by atoms with E-state index in [0.717, 1.165) is 4.90 Å². The summed E-state index contributed by atoms with van der Waals surface area (Å²) in [5.74, 6) is -0.954. The average molecular weight is 381 g/mol. The lowest BCUT2D eigenvalue weighted by atomic mass is 9.94. The van der Waals surface area contributed by atoms with E-state index in [9.17, 15) is 19.7 Å². The summed E-state index contributed by atoms with van der Waals surface area (Å²) < 4.78 is 10.5. The molecule has 0 aliphatic carbocycles. The Morgan fingerprint density at radius 3 is 2.54 bits per heavy atom. The summed E-state index contributed by atoms with van der Waals surface area (Å²) in [6.07, 6.45) is -1.07. The number of nitro benzene ring substituents is 1. The molecule has 10 nitrogen and oxygen atoms in total. The summed E-state index contributed by atoms with van der Waals surface area (Å²) >= 11 is 0. The Hall–Kier alpha value is -3.95. The van der Waals surface area contributed by atoms with E-state index in [1.165, 1.54) is 24.3 Å². The second-order valence-electron chi connectivity index (χ2n) is 6.33. The predicted octanol–water partition coefficient (Wildman–Crippen LogP) is 1.62. The maximum atomic E-state index is 13.0. The van der Waals surface area contributed by atoms with Crippen LogP contribution in [-0.4, -0.2) is 35.3 Å². The number of amides is 2. The van der Waals surface area contributed by atoms with Gasteiger partial charge < -0.3 is 14.3 Å². The molecule has 1 saturated heterocycles. The van der Waals surface area contributed by atoms with Crippen LogP contribution in [0.4, 0.5) is 11.4 Å². The maximum Gasteiger partial charge on any atom is 0.278 e. The number of hydrogen-bond donors (Lipinski definition) is 0. The van der Waals surface area contributed by atoms with Crippen molar-refractivity contribution in [3.63, 3.8) is 0 Å². The standard InChI is InChI=1S/C18H11N3O7/c22-17-14-15(9-1-3-10(4-2-9)21(24)25)19-28-16(14)18(23)20(17)11-5-6-12-13(7-11)27-8-26-12/h1-7,14,16H,8H2/t14-,16-/m1/s1. The summed E-state index contributed by atoms with van der Waals surface area (Å²) in [7, 11) is 0. The summed E-state index contributed by atoms with van der Waals surface area (Å²) in [6.45, 7) is 0.0754. The summed E-state index contributed by atoms with van der Waals surface area (Å²) in [5.41, 5.74) is 1.00. The maximum absolute atomic E-state index is 13.0. The van der Waals surface area contributed by atoms with Crippen LogP contribution in [0.2, 0.25) is 0 Å². The van der Waals surface area contributed by atoms with E-state index in [4.69, 9.17) is 14.3 Å². The molecule has 5 rings (SSSR count). The van der Waals surface area contributed by atoms with E-state index in [0.29, 0.717) is 22.7 Å².